The predicted molar refractivity (Wildman–Crippen MR) is 134 cm³/mol. The molecule has 15 heteroatoms. The maximum absolute atomic E-state index is 12.8. The molecule has 9 atom stereocenters. The van der Waals surface area contributed by atoms with Crippen molar-refractivity contribution in [3.63, 3.8) is 0 Å². The molecule has 0 unspecified atom stereocenters. The number of phenolic OH excluding ortho intramolecular Hbond substituents is 3. The van der Waals surface area contributed by atoms with Gasteiger partial charge in [-0.15, -0.1) is 0 Å². The van der Waals surface area contributed by atoms with E-state index in [1.807, 2.05) is 0 Å². The normalized spacial score (nSPS) is 32.2. The van der Waals surface area contributed by atoms with Gasteiger partial charge in [0.2, 0.25) is 12.0 Å². The summed E-state index contributed by atoms with van der Waals surface area (Å²) < 4.78 is 27.7. The molecule has 0 bridgehead atoms. The molecule has 0 radical (unpaired) electrons. The standard InChI is InChI=1S/C26H28O15/c27-7-16-19(33)21(35)22(36)25(40-16)41-24-18(32)13(31)8-37-26(24)39-15-6-12(30)17-11(29)5-14(38-23(17)20(15)34)9-1-3-10(28)4-2-9/h1-6,13,16,18-19,21-22,24-28,30-36H,7-8H2/t13-,16-,18+,19-,21+,22-,24-,25+,26+/m1/s1. The fraction of sp³-hybridized carbons (Fsp3) is 0.423. The lowest BCUT2D eigenvalue weighted by Gasteiger charge is -2.44. The smallest absolute Gasteiger partial charge is 0.229 e. The Kier molecular flexibility index (Phi) is 8.06. The van der Waals surface area contributed by atoms with Crippen molar-refractivity contribution in [2.75, 3.05) is 13.2 Å². The summed E-state index contributed by atoms with van der Waals surface area (Å²) in [6, 6.07) is 7.60. The highest BCUT2D eigenvalue weighted by atomic mass is 16.8. The third-order valence-electron chi connectivity index (χ3n) is 6.89. The molecule has 5 rings (SSSR count). The fourth-order valence-corrected chi connectivity index (χ4v) is 4.61. The van der Waals surface area contributed by atoms with Crippen molar-refractivity contribution < 1.29 is 69.3 Å². The lowest BCUT2D eigenvalue weighted by Crippen LogP contribution is -2.63. The lowest BCUT2D eigenvalue weighted by atomic mass is 9.99. The lowest BCUT2D eigenvalue weighted by molar-refractivity contribution is -0.348. The topological polar surface area (TPSA) is 249 Å². The van der Waals surface area contributed by atoms with Crippen molar-refractivity contribution in [1.29, 1.82) is 0 Å². The van der Waals surface area contributed by atoms with E-state index in [9.17, 15) is 50.8 Å². The second-order valence-electron chi connectivity index (χ2n) is 9.64. The molecule has 2 aliphatic heterocycles. The zero-order chi connectivity index (χ0) is 29.6. The molecule has 2 aromatic carbocycles. The van der Waals surface area contributed by atoms with E-state index in [1.54, 1.807) is 0 Å². The number of aromatic hydroxyl groups is 3. The van der Waals surface area contributed by atoms with Crippen LogP contribution in [0.4, 0.5) is 0 Å². The van der Waals surface area contributed by atoms with Gasteiger partial charge in [0.1, 0.15) is 59.3 Å². The zero-order valence-corrected chi connectivity index (χ0v) is 21.0. The zero-order valence-electron chi connectivity index (χ0n) is 21.0. The van der Waals surface area contributed by atoms with Crippen LogP contribution in [0.2, 0.25) is 0 Å². The number of phenols is 3. The van der Waals surface area contributed by atoms with Gasteiger partial charge in [0.05, 0.1) is 13.2 Å². The van der Waals surface area contributed by atoms with Gasteiger partial charge in [-0.3, -0.25) is 4.79 Å². The van der Waals surface area contributed by atoms with E-state index in [0.717, 1.165) is 12.1 Å². The molecule has 3 aromatic rings. The summed E-state index contributed by atoms with van der Waals surface area (Å²) in [6.07, 6.45) is -15.0. The van der Waals surface area contributed by atoms with Gasteiger partial charge in [-0.05, 0) is 24.3 Å². The van der Waals surface area contributed by atoms with Crippen molar-refractivity contribution >= 4 is 11.0 Å². The minimum atomic E-state index is -1.86. The minimum absolute atomic E-state index is 0.00867. The van der Waals surface area contributed by atoms with E-state index < -0.39 is 96.8 Å². The fourth-order valence-electron chi connectivity index (χ4n) is 4.61. The number of fused-ring (bicyclic) bond motifs is 1. The Morgan fingerprint density at radius 3 is 2.27 bits per heavy atom. The van der Waals surface area contributed by atoms with E-state index in [-0.39, 0.29) is 16.9 Å². The van der Waals surface area contributed by atoms with Gasteiger partial charge >= 0.3 is 0 Å². The van der Waals surface area contributed by atoms with E-state index in [2.05, 4.69) is 0 Å². The third-order valence-corrected chi connectivity index (χ3v) is 6.89. The van der Waals surface area contributed by atoms with Crippen molar-refractivity contribution in [3.05, 3.63) is 46.6 Å². The van der Waals surface area contributed by atoms with Crippen LogP contribution >= 0.6 is 0 Å². The molecule has 0 spiro atoms. The molecular formula is C26H28O15. The number of aliphatic hydroxyl groups is 6. The van der Waals surface area contributed by atoms with Crippen molar-refractivity contribution in [3.8, 4) is 34.3 Å². The van der Waals surface area contributed by atoms with Crippen molar-refractivity contribution in [2.24, 2.45) is 0 Å². The Bertz CT molecular complexity index is 1440. The molecule has 15 nitrogen and oxygen atoms in total. The molecular weight excluding hydrogens is 552 g/mol. The summed E-state index contributed by atoms with van der Waals surface area (Å²) in [4.78, 5) is 12.8. The van der Waals surface area contributed by atoms with Crippen LogP contribution in [0, 0.1) is 0 Å². The Hall–Kier alpha value is -3.51. The summed E-state index contributed by atoms with van der Waals surface area (Å²) in [5.41, 5.74) is -0.795. The monoisotopic (exact) mass is 580 g/mol. The number of benzene rings is 2. The minimum Gasteiger partial charge on any atom is -0.508 e. The number of hydrogen-bond donors (Lipinski definition) is 9. The molecule has 0 aliphatic carbocycles. The van der Waals surface area contributed by atoms with Gasteiger partial charge < -0.3 is 69.3 Å². The Morgan fingerprint density at radius 2 is 1.59 bits per heavy atom. The first kappa shape index (κ1) is 29.0. The summed E-state index contributed by atoms with van der Waals surface area (Å²) >= 11 is 0. The highest BCUT2D eigenvalue weighted by molar-refractivity contribution is 5.91. The van der Waals surface area contributed by atoms with Crippen LogP contribution < -0.4 is 10.2 Å². The SMILES string of the molecule is O=c1cc(-c2ccc(O)cc2)oc2c(O)c(O[C@@H]3OC[C@@H](O)[C@H](O)[C@H]3O[C@@H]3O[C@H](CO)[C@@H](O)[C@H](O)[C@H]3O)cc(O)c12. The van der Waals surface area contributed by atoms with Crippen LogP contribution in [0.1, 0.15) is 0 Å². The Balaban J connectivity index is 1.48. The van der Waals surface area contributed by atoms with Gasteiger partial charge in [0, 0.05) is 17.7 Å². The Labute approximate surface area is 230 Å². The molecule has 1 aromatic heterocycles. The summed E-state index contributed by atoms with van der Waals surface area (Å²) in [5.74, 6) is -1.91. The molecule has 0 saturated carbocycles. The highest BCUT2D eigenvalue weighted by Crippen LogP contribution is 2.42. The molecule has 9 N–H and O–H groups in total. The first-order valence-electron chi connectivity index (χ1n) is 12.4. The third kappa shape index (κ3) is 5.42. The van der Waals surface area contributed by atoms with E-state index in [4.69, 9.17) is 23.4 Å². The van der Waals surface area contributed by atoms with Crippen LogP contribution in [0.3, 0.4) is 0 Å². The van der Waals surface area contributed by atoms with Gasteiger partial charge in [0.15, 0.2) is 29.2 Å². The van der Waals surface area contributed by atoms with Crippen LogP contribution in [-0.2, 0) is 14.2 Å². The van der Waals surface area contributed by atoms with Crippen LogP contribution in [-0.4, -0.2) is 114 Å². The predicted octanol–water partition coefficient (Wildman–Crippen LogP) is -1.78. The average Bonchev–Trinajstić information content (AvgIpc) is 2.95. The van der Waals surface area contributed by atoms with Crippen LogP contribution in [0.15, 0.2) is 45.6 Å². The quantitative estimate of drug-likeness (QED) is 0.146. The molecule has 222 valence electrons. The first-order valence-corrected chi connectivity index (χ1v) is 12.4. The van der Waals surface area contributed by atoms with Crippen LogP contribution in [0.25, 0.3) is 22.3 Å². The molecule has 2 fully saturated rings. The van der Waals surface area contributed by atoms with Crippen LogP contribution in [0.5, 0.6) is 23.0 Å². The van der Waals surface area contributed by atoms with Gasteiger partial charge in [-0.1, -0.05) is 0 Å². The summed E-state index contributed by atoms with van der Waals surface area (Å²) in [5, 5.41) is 91.3. The number of hydrogen-bond acceptors (Lipinski definition) is 15. The number of rotatable bonds is 6. The number of aliphatic hydroxyl groups excluding tert-OH is 6. The summed E-state index contributed by atoms with van der Waals surface area (Å²) in [6.45, 7) is -1.22. The van der Waals surface area contributed by atoms with Gasteiger partial charge in [-0.2, -0.15) is 0 Å². The van der Waals surface area contributed by atoms with Crippen molar-refractivity contribution in [2.45, 2.75) is 55.3 Å². The molecule has 2 saturated heterocycles. The second-order valence-corrected chi connectivity index (χ2v) is 9.64. The largest absolute Gasteiger partial charge is 0.508 e. The number of ether oxygens (including phenoxy) is 4. The van der Waals surface area contributed by atoms with E-state index in [1.165, 1.54) is 24.3 Å². The first-order chi connectivity index (χ1) is 19.5. The molecule has 41 heavy (non-hydrogen) atoms. The molecule has 0 amide bonds. The summed E-state index contributed by atoms with van der Waals surface area (Å²) in [7, 11) is 0. The van der Waals surface area contributed by atoms with Gasteiger partial charge in [0.25, 0.3) is 0 Å². The molecule has 3 heterocycles. The maximum Gasteiger partial charge on any atom is 0.229 e. The van der Waals surface area contributed by atoms with Crippen molar-refractivity contribution in [1.82, 2.24) is 0 Å². The maximum atomic E-state index is 12.8. The Morgan fingerprint density at radius 1 is 0.878 bits per heavy atom. The van der Waals surface area contributed by atoms with E-state index in [0.29, 0.717) is 5.56 Å². The van der Waals surface area contributed by atoms with Gasteiger partial charge in [-0.25, -0.2) is 0 Å². The van der Waals surface area contributed by atoms with E-state index >= 15 is 0 Å². The average molecular weight is 580 g/mol. The second kappa shape index (κ2) is 11.4. The highest BCUT2D eigenvalue weighted by Gasteiger charge is 2.49. The molecule has 2 aliphatic rings.